The lowest BCUT2D eigenvalue weighted by Gasteiger charge is -2.28. The number of hydrogen-bond acceptors (Lipinski definition) is 5. The predicted octanol–water partition coefficient (Wildman–Crippen LogP) is 5.21. The highest BCUT2D eigenvalue weighted by Crippen LogP contribution is 2.45. The van der Waals surface area contributed by atoms with Gasteiger partial charge in [-0.2, -0.15) is 0 Å². The van der Waals surface area contributed by atoms with Crippen LogP contribution < -0.4 is 10.2 Å². The second-order valence-corrected chi connectivity index (χ2v) is 9.70. The second kappa shape index (κ2) is 10.6. The van der Waals surface area contributed by atoms with Crippen molar-refractivity contribution in [3.63, 3.8) is 0 Å². The van der Waals surface area contributed by atoms with Gasteiger partial charge in [-0.3, -0.25) is 19.3 Å². The molecule has 5 rings (SSSR count). The molecule has 0 radical (unpaired) electrons. The molecule has 0 spiro atoms. The predicted molar refractivity (Wildman–Crippen MR) is 139 cm³/mol. The van der Waals surface area contributed by atoms with Gasteiger partial charge in [0, 0.05) is 0 Å². The van der Waals surface area contributed by atoms with Gasteiger partial charge in [-0.1, -0.05) is 54.1 Å². The molecule has 0 unspecified atom stereocenters. The first-order chi connectivity index (χ1) is 17.9. The van der Waals surface area contributed by atoms with Crippen LogP contribution in [0.15, 0.2) is 78.9 Å². The fraction of sp³-hybridized carbons (Fsp3) is 0.241. The van der Waals surface area contributed by atoms with Crippen molar-refractivity contribution in [1.29, 1.82) is 0 Å². The van der Waals surface area contributed by atoms with Gasteiger partial charge < -0.3 is 10.1 Å². The number of benzene rings is 3. The van der Waals surface area contributed by atoms with Crippen molar-refractivity contribution < 1.29 is 23.9 Å². The summed E-state index contributed by atoms with van der Waals surface area (Å²) < 4.78 is 5.10. The van der Waals surface area contributed by atoms with E-state index in [2.05, 4.69) is 17.4 Å². The van der Waals surface area contributed by atoms with Crippen LogP contribution in [0.1, 0.15) is 41.1 Å². The first kappa shape index (κ1) is 24.7. The molecule has 37 heavy (non-hydrogen) atoms. The van der Waals surface area contributed by atoms with E-state index >= 15 is 0 Å². The molecule has 3 aromatic rings. The lowest BCUT2D eigenvalue weighted by molar-refractivity contribution is -0.122. The van der Waals surface area contributed by atoms with Gasteiger partial charge in [-0.05, 0) is 67.1 Å². The number of rotatable bonds is 6. The number of amides is 3. The molecular formula is C29H25ClN2O5. The Labute approximate surface area is 219 Å². The SMILES string of the molecule is O=C(COC(=O)c1ccc(N2C(=O)[C@H]3C[C@H](c4ccccc4)CC[C@H]3C2=O)cc1)Nc1ccccc1Cl. The first-order valence-corrected chi connectivity index (χ1v) is 12.5. The van der Waals surface area contributed by atoms with Crippen LogP contribution in [-0.2, 0) is 19.1 Å². The van der Waals surface area contributed by atoms with Crippen molar-refractivity contribution in [2.45, 2.75) is 25.2 Å². The Balaban J connectivity index is 1.20. The number of ether oxygens (including phenoxy) is 1. The molecule has 2 aliphatic rings. The lowest BCUT2D eigenvalue weighted by Crippen LogP contribution is -2.30. The maximum Gasteiger partial charge on any atom is 0.338 e. The lowest BCUT2D eigenvalue weighted by atomic mass is 9.73. The molecule has 3 atom stereocenters. The van der Waals surface area contributed by atoms with E-state index in [1.54, 1.807) is 36.4 Å². The fourth-order valence-electron chi connectivity index (χ4n) is 5.17. The van der Waals surface area contributed by atoms with Crippen molar-refractivity contribution in [2.24, 2.45) is 11.8 Å². The Morgan fingerprint density at radius 1 is 0.865 bits per heavy atom. The van der Waals surface area contributed by atoms with E-state index in [1.807, 2.05) is 18.2 Å². The van der Waals surface area contributed by atoms with Crippen molar-refractivity contribution in [1.82, 2.24) is 0 Å². The summed E-state index contributed by atoms with van der Waals surface area (Å²) >= 11 is 6.02. The molecule has 2 fully saturated rings. The number of carbonyl (C=O) groups excluding carboxylic acids is 4. The van der Waals surface area contributed by atoms with Gasteiger partial charge in [0.1, 0.15) is 0 Å². The zero-order valence-electron chi connectivity index (χ0n) is 19.9. The van der Waals surface area contributed by atoms with Crippen LogP contribution in [0.5, 0.6) is 0 Å². The molecule has 188 valence electrons. The molecule has 1 saturated carbocycles. The molecule has 1 aliphatic carbocycles. The third-order valence-corrected chi connectivity index (χ3v) is 7.37. The number of hydrogen-bond donors (Lipinski definition) is 1. The summed E-state index contributed by atoms with van der Waals surface area (Å²) in [5.74, 6) is -2.00. The van der Waals surface area contributed by atoms with Gasteiger partial charge >= 0.3 is 5.97 Å². The number of fused-ring (bicyclic) bond motifs is 1. The zero-order valence-corrected chi connectivity index (χ0v) is 20.7. The third kappa shape index (κ3) is 5.13. The van der Waals surface area contributed by atoms with E-state index in [4.69, 9.17) is 16.3 Å². The number of anilines is 2. The Kier molecular flexibility index (Phi) is 7.06. The zero-order chi connectivity index (χ0) is 25.9. The summed E-state index contributed by atoms with van der Waals surface area (Å²) in [5.41, 5.74) is 2.25. The summed E-state index contributed by atoms with van der Waals surface area (Å²) in [6.07, 6.45) is 2.19. The average Bonchev–Trinajstić information content (AvgIpc) is 3.18. The molecule has 1 saturated heterocycles. The van der Waals surface area contributed by atoms with Gasteiger partial charge in [0.25, 0.3) is 5.91 Å². The fourth-order valence-corrected chi connectivity index (χ4v) is 5.35. The number of nitrogens with one attached hydrogen (secondary N) is 1. The van der Waals surface area contributed by atoms with E-state index in [0.29, 0.717) is 29.2 Å². The van der Waals surface area contributed by atoms with Gasteiger partial charge in [0.15, 0.2) is 6.61 Å². The minimum absolute atomic E-state index is 0.187. The number of esters is 1. The van der Waals surface area contributed by atoms with Crippen LogP contribution in [0.2, 0.25) is 5.02 Å². The number of imide groups is 1. The number of halogens is 1. The first-order valence-electron chi connectivity index (χ1n) is 12.2. The maximum atomic E-state index is 13.3. The normalized spacial score (nSPS) is 20.9. The van der Waals surface area contributed by atoms with Crippen LogP contribution in [0.3, 0.4) is 0 Å². The molecule has 1 heterocycles. The molecular weight excluding hydrogens is 492 g/mol. The monoisotopic (exact) mass is 516 g/mol. The van der Waals surface area contributed by atoms with Crippen LogP contribution in [-0.4, -0.2) is 30.3 Å². The molecule has 3 aromatic carbocycles. The van der Waals surface area contributed by atoms with Crippen LogP contribution >= 0.6 is 11.6 Å². The van der Waals surface area contributed by atoms with Gasteiger partial charge in [0.2, 0.25) is 11.8 Å². The second-order valence-electron chi connectivity index (χ2n) is 9.30. The summed E-state index contributed by atoms with van der Waals surface area (Å²) in [4.78, 5) is 52.2. The van der Waals surface area contributed by atoms with E-state index in [9.17, 15) is 19.2 Å². The minimum Gasteiger partial charge on any atom is -0.452 e. The van der Waals surface area contributed by atoms with Crippen LogP contribution in [0.25, 0.3) is 0 Å². The standard InChI is InChI=1S/C29H25ClN2O5/c30-24-8-4-5-9-25(24)31-26(33)17-37-29(36)19-10-13-21(14-11-19)32-27(34)22-15-12-20(16-23(22)28(32)35)18-6-2-1-3-7-18/h1-11,13-14,20,22-23H,12,15-17H2,(H,31,33)/t20-,22-,23+/m1/s1. The topological polar surface area (TPSA) is 92.8 Å². The molecule has 0 aromatic heterocycles. The molecule has 3 amide bonds. The Morgan fingerprint density at radius 2 is 1.54 bits per heavy atom. The Morgan fingerprint density at radius 3 is 2.27 bits per heavy atom. The van der Waals surface area contributed by atoms with Crippen LogP contribution in [0, 0.1) is 11.8 Å². The van der Waals surface area contributed by atoms with Crippen LogP contribution in [0.4, 0.5) is 11.4 Å². The smallest absolute Gasteiger partial charge is 0.338 e. The van der Waals surface area contributed by atoms with E-state index < -0.39 is 18.5 Å². The highest BCUT2D eigenvalue weighted by Gasteiger charge is 2.50. The summed E-state index contributed by atoms with van der Waals surface area (Å²) in [6, 6.07) is 22.9. The molecule has 7 nitrogen and oxygen atoms in total. The van der Waals surface area contributed by atoms with Crippen molar-refractivity contribution in [3.05, 3.63) is 95.0 Å². The molecule has 1 aliphatic heterocycles. The highest BCUT2D eigenvalue weighted by atomic mass is 35.5. The average molecular weight is 517 g/mol. The largest absolute Gasteiger partial charge is 0.452 e. The summed E-state index contributed by atoms with van der Waals surface area (Å²) in [5, 5.41) is 2.96. The number of carbonyl (C=O) groups is 4. The number of nitrogens with zero attached hydrogens (tertiary/aromatic N) is 1. The maximum absolute atomic E-state index is 13.3. The minimum atomic E-state index is -0.695. The van der Waals surface area contributed by atoms with E-state index in [0.717, 1.165) is 6.42 Å². The molecule has 0 bridgehead atoms. The van der Waals surface area contributed by atoms with E-state index in [-0.39, 0.29) is 35.1 Å². The number of para-hydroxylation sites is 1. The molecule has 8 heteroatoms. The van der Waals surface area contributed by atoms with Crippen molar-refractivity contribution in [2.75, 3.05) is 16.8 Å². The van der Waals surface area contributed by atoms with Gasteiger partial charge in [0.05, 0.1) is 33.8 Å². The summed E-state index contributed by atoms with van der Waals surface area (Å²) in [6.45, 7) is -0.485. The van der Waals surface area contributed by atoms with Crippen molar-refractivity contribution >= 4 is 46.7 Å². The quantitative estimate of drug-likeness (QED) is 0.358. The Bertz CT molecular complexity index is 1340. The third-order valence-electron chi connectivity index (χ3n) is 7.04. The van der Waals surface area contributed by atoms with E-state index in [1.165, 1.54) is 22.6 Å². The molecule has 1 N–H and O–H groups in total. The summed E-state index contributed by atoms with van der Waals surface area (Å²) in [7, 11) is 0. The van der Waals surface area contributed by atoms with Gasteiger partial charge in [-0.25, -0.2) is 4.79 Å². The van der Waals surface area contributed by atoms with Crippen molar-refractivity contribution in [3.8, 4) is 0 Å². The highest BCUT2D eigenvalue weighted by molar-refractivity contribution is 6.33. The van der Waals surface area contributed by atoms with Gasteiger partial charge in [-0.15, -0.1) is 0 Å². The Hall–Kier alpha value is -3.97.